The molecule has 0 radical (unpaired) electrons. The zero-order chi connectivity index (χ0) is 26.0. The van der Waals surface area contributed by atoms with Gasteiger partial charge < -0.3 is 34.0 Å². The lowest BCUT2D eigenvalue weighted by atomic mass is 9.72. The van der Waals surface area contributed by atoms with Crippen molar-refractivity contribution in [2.45, 2.75) is 91.0 Å². The third-order valence-corrected chi connectivity index (χ3v) is 5.48. The number of hydrogen-bond donors (Lipinski definition) is 2. The minimum absolute atomic E-state index is 0.00503. The van der Waals surface area contributed by atoms with Crippen LogP contribution in [-0.4, -0.2) is 54.3 Å². The van der Waals surface area contributed by atoms with Crippen LogP contribution in [0.1, 0.15) is 82.1 Å². The van der Waals surface area contributed by atoms with E-state index in [1.807, 2.05) is 13.8 Å². The quantitative estimate of drug-likeness (QED) is 0.257. The predicted molar refractivity (Wildman–Crippen MR) is 127 cm³/mol. The highest BCUT2D eigenvalue weighted by Gasteiger charge is 2.38. The summed E-state index contributed by atoms with van der Waals surface area (Å²) in [7, 11) is -1.39. The number of nitrogens with one attached hydrogen (secondary N) is 1. The molecule has 0 saturated heterocycles. The Labute approximate surface area is 205 Å². The SMILES string of the molecule is CCCC(CC)OC(=O)OC(C)OC(=O)c1cccc2c1OB(O)[C@@H](NC(=O)CCCC(C)=O)C2. The van der Waals surface area contributed by atoms with Crippen molar-refractivity contribution >= 4 is 30.9 Å². The van der Waals surface area contributed by atoms with Gasteiger partial charge in [-0.25, -0.2) is 9.59 Å². The summed E-state index contributed by atoms with van der Waals surface area (Å²) in [5, 5.41) is 13.1. The molecule has 2 unspecified atom stereocenters. The molecule has 0 saturated carbocycles. The molecule has 0 bridgehead atoms. The molecule has 0 fully saturated rings. The second-order valence-electron chi connectivity index (χ2n) is 8.51. The Balaban J connectivity index is 1.97. The van der Waals surface area contributed by atoms with Crippen molar-refractivity contribution in [3.8, 4) is 5.75 Å². The van der Waals surface area contributed by atoms with Gasteiger partial charge in [-0.1, -0.05) is 32.4 Å². The van der Waals surface area contributed by atoms with E-state index < -0.39 is 31.5 Å². The number of esters is 1. The molecule has 1 amide bonds. The minimum atomic E-state index is -1.39. The van der Waals surface area contributed by atoms with E-state index in [4.69, 9.17) is 18.9 Å². The summed E-state index contributed by atoms with van der Waals surface area (Å²) in [4.78, 5) is 47.9. The summed E-state index contributed by atoms with van der Waals surface area (Å²) in [6, 6.07) is 4.80. The highest BCUT2D eigenvalue weighted by Crippen LogP contribution is 2.31. The van der Waals surface area contributed by atoms with Crippen molar-refractivity contribution < 1.29 is 43.1 Å². The summed E-state index contributed by atoms with van der Waals surface area (Å²) in [5.74, 6) is -1.69. The minimum Gasteiger partial charge on any atom is -0.534 e. The van der Waals surface area contributed by atoms with Crippen LogP contribution >= 0.6 is 0 Å². The maximum absolute atomic E-state index is 12.7. The Morgan fingerprint density at radius 2 is 1.91 bits per heavy atom. The van der Waals surface area contributed by atoms with E-state index in [1.54, 1.807) is 12.1 Å². The molecule has 0 spiro atoms. The van der Waals surface area contributed by atoms with Crippen LogP contribution in [0.3, 0.4) is 0 Å². The van der Waals surface area contributed by atoms with Gasteiger partial charge in [0.05, 0.1) is 5.94 Å². The summed E-state index contributed by atoms with van der Waals surface area (Å²) in [6.45, 7) is 6.73. The first-order valence-electron chi connectivity index (χ1n) is 12.0. The third kappa shape index (κ3) is 8.90. The number of ether oxygens (including phenoxy) is 3. The lowest BCUT2D eigenvalue weighted by Crippen LogP contribution is -2.53. The number of amides is 1. The largest absolute Gasteiger partial charge is 0.547 e. The standard InChI is InChI=1S/C24H34BNO9/c1-5-9-18(6-2)34-24(30)33-16(4)32-23(29)19-12-8-11-17-14-20(25(31)35-22(17)19)26-21(28)13-7-10-15(3)27/h8,11-12,16,18,20,31H,5-7,9-10,13-14H2,1-4H3,(H,26,28)/t16?,18?,20-/m0/s1. The first-order chi connectivity index (χ1) is 16.6. The Hall–Kier alpha value is -3.08. The van der Waals surface area contributed by atoms with Crippen LogP contribution in [0.5, 0.6) is 5.75 Å². The summed E-state index contributed by atoms with van der Waals surface area (Å²) < 4.78 is 21.0. The highest BCUT2D eigenvalue weighted by atomic mass is 16.8. The van der Waals surface area contributed by atoms with Gasteiger partial charge in [-0.2, -0.15) is 0 Å². The molecule has 1 aliphatic heterocycles. The van der Waals surface area contributed by atoms with Crippen molar-refractivity contribution in [2.75, 3.05) is 0 Å². The van der Waals surface area contributed by atoms with E-state index in [9.17, 15) is 24.2 Å². The van der Waals surface area contributed by atoms with Gasteiger partial charge in [0.25, 0.3) is 0 Å². The number of carbonyl (C=O) groups excluding carboxylic acids is 4. The fourth-order valence-corrected chi connectivity index (χ4v) is 3.69. The second-order valence-corrected chi connectivity index (χ2v) is 8.51. The molecule has 0 aliphatic carbocycles. The fourth-order valence-electron chi connectivity index (χ4n) is 3.69. The van der Waals surface area contributed by atoms with Gasteiger partial charge in [-0.15, -0.1) is 0 Å². The van der Waals surface area contributed by atoms with E-state index in [-0.39, 0.29) is 41.9 Å². The number of carbonyl (C=O) groups is 4. The molecular formula is C24H34BNO9. The Morgan fingerprint density at radius 1 is 1.17 bits per heavy atom. The maximum Gasteiger partial charge on any atom is 0.547 e. The normalized spacial score (nSPS) is 16.3. The van der Waals surface area contributed by atoms with Gasteiger partial charge >= 0.3 is 19.2 Å². The van der Waals surface area contributed by atoms with Crippen LogP contribution in [0, 0.1) is 0 Å². The van der Waals surface area contributed by atoms with Gasteiger partial charge in [0, 0.05) is 19.8 Å². The van der Waals surface area contributed by atoms with Crippen molar-refractivity contribution in [2.24, 2.45) is 0 Å². The zero-order valence-corrected chi connectivity index (χ0v) is 20.7. The van der Waals surface area contributed by atoms with Crippen LogP contribution in [0.2, 0.25) is 0 Å². The molecule has 2 rings (SSSR count). The monoisotopic (exact) mass is 491 g/mol. The fraction of sp³-hybridized carbons (Fsp3) is 0.583. The van der Waals surface area contributed by atoms with Crippen molar-refractivity contribution in [1.82, 2.24) is 5.32 Å². The second kappa shape index (κ2) is 13.7. The lowest BCUT2D eigenvalue weighted by Gasteiger charge is -2.29. The molecule has 3 atom stereocenters. The van der Waals surface area contributed by atoms with Crippen LogP contribution in [0.15, 0.2) is 18.2 Å². The van der Waals surface area contributed by atoms with Crippen LogP contribution < -0.4 is 9.97 Å². The highest BCUT2D eigenvalue weighted by molar-refractivity contribution is 6.47. The molecule has 35 heavy (non-hydrogen) atoms. The van der Waals surface area contributed by atoms with E-state index in [0.29, 0.717) is 31.2 Å². The van der Waals surface area contributed by atoms with E-state index in [0.717, 1.165) is 6.42 Å². The number of fused-ring (bicyclic) bond motifs is 1. The molecule has 1 aromatic carbocycles. The molecule has 1 aromatic rings. The molecule has 0 aromatic heterocycles. The maximum atomic E-state index is 12.7. The van der Waals surface area contributed by atoms with Gasteiger partial charge in [0.1, 0.15) is 23.2 Å². The van der Waals surface area contributed by atoms with Gasteiger partial charge in [0.15, 0.2) is 0 Å². The Bertz CT molecular complexity index is 907. The first-order valence-corrected chi connectivity index (χ1v) is 12.0. The smallest absolute Gasteiger partial charge is 0.534 e. The van der Waals surface area contributed by atoms with E-state index >= 15 is 0 Å². The molecule has 2 N–H and O–H groups in total. The van der Waals surface area contributed by atoms with Crippen molar-refractivity contribution in [1.29, 1.82) is 0 Å². The number of Topliss-reactive ketones (excluding diaryl/α,β-unsaturated/α-hetero) is 1. The van der Waals surface area contributed by atoms with E-state index in [1.165, 1.54) is 19.9 Å². The number of ketones is 1. The lowest BCUT2D eigenvalue weighted by molar-refractivity contribution is -0.122. The number of hydrogen-bond acceptors (Lipinski definition) is 9. The van der Waals surface area contributed by atoms with Gasteiger partial charge in [-0.3, -0.25) is 4.79 Å². The van der Waals surface area contributed by atoms with Crippen LogP contribution in [0.25, 0.3) is 0 Å². The molecule has 11 heteroatoms. The van der Waals surface area contributed by atoms with Crippen molar-refractivity contribution in [3.63, 3.8) is 0 Å². The summed E-state index contributed by atoms with van der Waals surface area (Å²) in [5.41, 5.74) is 0.645. The molecular weight excluding hydrogens is 457 g/mol. The first kappa shape index (κ1) is 28.2. The number of para-hydroxylation sites is 1. The number of rotatable bonds is 12. The Morgan fingerprint density at radius 3 is 2.57 bits per heavy atom. The molecule has 1 aliphatic rings. The van der Waals surface area contributed by atoms with Gasteiger partial charge in [0.2, 0.25) is 12.2 Å². The number of benzene rings is 1. The molecule has 192 valence electrons. The van der Waals surface area contributed by atoms with Crippen molar-refractivity contribution in [3.05, 3.63) is 29.3 Å². The zero-order valence-electron chi connectivity index (χ0n) is 20.7. The topological polar surface area (TPSA) is 137 Å². The average molecular weight is 491 g/mol. The summed E-state index contributed by atoms with van der Waals surface area (Å²) >= 11 is 0. The van der Waals surface area contributed by atoms with E-state index in [2.05, 4.69) is 5.32 Å². The van der Waals surface area contributed by atoms with Crippen LogP contribution in [-0.2, 0) is 30.2 Å². The predicted octanol–water partition coefficient (Wildman–Crippen LogP) is 3.12. The average Bonchev–Trinajstić information content (AvgIpc) is 2.78. The van der Waals surface area contributed by atoms with Crippen LogP contribution in [0.4, 0.5) is 4.79 Å². The van der Waals surface area contributed by atoms with Gasteiger partial charge in [-0.05, 0) is 44.2 Å². The molecule has 10 nitrogen and oxygen atoms in total. The molecule has 1 heterocycles. The third-order valence-electron chi connectivity index (χ3n) is 5.48. The summed E-state index contributed by atoms with van der Waals surface area (Å²) in [6.07, 6.45) is 0.910. The Kier molecular flexibility index (Phi) is 11.0.